The zero-order chi connectivity index (χ0) is 31.1. The van der Waals surface area contributed by atoms with Crippen molar-refractivity contribution in [1.82, 2.24) is 19.9 Å². The lowest BCUT2D eigenvalue weighted by atomic mass is 9.93. The molecule has 1 saturated carbocycles. The second-order valence-electron chi connectivity index (χ2n) is 13.0. The molecule has 0 spiro atoms. The number of anilines is 1. The van der Waals surface area contributed by atoms with Crippen molar-refractivity contribution in [2.24, 2.45) is 11.8 Å². The van der Waals surface area contributed by atoms with Crippen molar-refractivity contribution < 1.29 is 27.4 Å². The molecule has 11 heteroatoms. The molecule has 4 atom stereocenters. The standard InChI is InChI=1S/C34H31F4N5O2/c1-2-19-5-3-6-20-11-24(44)12-25(27(19)20)29-28(36)30-26(14-39-29)31(42-15-21-7-8-22(16-42)34(21,37)38)41-32(40-30)45-18-33-9-4-10-43(33)17-23(35)13-33/h1,3,5-6,11-12,14,21-23,44H,4,7-10,13,15-18H2/t21-,22+,23-,33+/m1/s1. The number of pyridine rings is 1. The van der Waals surface area contributed by atoms with Gasteiger partial charge in [0.25, 0.3) is 5.92 Å². The molecule has 2 aromatic heterocycles. The summed E-state index contributed by atoms with van der Waals surface area (Å²) in [5.41, 5.74) is 0.136. The number of fused-ring (bicyclic) bond motifs is 5. The first kappa shape index (κ1) is 28.3. The van der Waals surface area contributed by atoms with Gasteiger partial charge >= 0.3 is 6.01 Å². The lowest BCUT2D eigenvalue weighted by Crippen LogP contribution is -2.49. The third-order valence-corrected chi connectivity index (χ3v) is 10.4. The molecule has 0 amide bonds. The first-order valence-electron chi connectivity index (χ1n) is 15.4. The van der Waals surface area contributed by atoms with Gasteiger partial charge in [0.2, 0.25) is 0 Å². The Bertz CT molecular complexity index is 1880. The number of alkyl halides is 3. The summed E-state index contributed by atoms with van der Waals surface area (Å²) in [7, 11) is 0. The minimum atomic E-state index is -2.77. The van der Waals surface area contributed by atoms with Crippen LogP contribution in [0.2, 0.25) is 0 Å². The molecule has 3 aliphatic heterocycles. The van der Waals surface area contributed by atoms with E-state index in [1.165, 1.54) is 12.3 Å². The van der Waals surface area contributed by atoms with Crippen LogP contribution in [0, 0.1) is 30.0 Å². The second-order valence-corrected chi connectivity index (χ2v) is 13.0. The molecule has 1 N–H and O–H groups in total. The maximum Gasteiger partial charge on any atom is 0.319 e. The van der Waals surface area contributed by atoms with Gasteiger partial charge in [0.15, 0.2) is 5.82 Å². The highest BCUT2D eigenvalue weighted by atomic mass is 19.3. The Hall–Kier alpha value is -4.17. The number of aromatic nitrogens is 3. The van der Waals surface area contributed by atoms with E-state index in [4.69, 9.17) is 11.2 Å². The summed E-state index contributed by atoms with van der Waals surface area (Å²) in [5, 5.41) is 11.9. The van der Waals surface area contributed by atoms with Gasteiger partial charge in [-0.1, -0.05) is 18.1 Å². The molecule has 3 saturated heterocycles. The molecule has 45 heavy (non-hydrogen) atoms. The molecule has 8 rings (SSSR count). The van der Waals surface area contributed by atoms with Gasteiger partial charge < -0.3 is 14.7 Å². The van der Waals surface area contributed by atoms with Gasteiger partial charge in [-0.25, -0.2) is 17.6 Å². The molecule has 0 unspecified atom stereocenters. The minimum absolute atomic E-state index is 0.0579. The van der Waals surface area contributed by atoms with Crippen LogP contribution in [-0.2, 0) is 0 Å². The smallest absolute Gasteiger partial charge is 0.319 e. The van der Waals surface area contributed by atoms with Crippen LogP contribution in [0.1, 0.15) is 37.7 Å². The highest BCUT2D eigenvalue weighted by molar-refractivity contribution is 6.02. The van der Waals surface area contributed by atoms with Crippen molar-refractivity contribution in [1.29, 1.82) is 0 Å². The van der Waals surface area contributed by atoms with E-state index in [1.807, 2.05) is 0 Å². The Labute approximate surface area is 257 Å². The fourth-order valence-electron chi connectivity index (χ4n) is 8.21. The number of hydrogen-bond donors (Lipinski definition) is 1. The first-order chi connectivity index (χ1) is 21.7. The van der Waals surface area contributed by atoms with Crippen molar-refractivity contribution in [3.63, 3.8) is 0 Å². The molecular formula is C34H31F4N5O2. The molecule has 2 aromatic carbocycles. The van der Waals surface area contributed by atoms with E-state index in [0.717, 1.165) is 19.4 Å². The Morgan fingerprint density at radius 2 is 1.91 bits per heavy atom. The maximum absolute atomic E-state index is 16.7. The van der Waals surface area contributed by atoms with E-state index >= 15 is 4.39 Å². The summed E-state index contributed by atoms with van der Waals surface area (Å²) < 4.78 is 67.1. The third kappa shape index (κ3) is 4.40. The number of rotatable bonds is 5. The fraction of sp³-hybridized carbons (Fsp3) is 0.441. The van der Waals surface area contributed by atoms with E-state index in [0.29, 0.717) is 42.1 Å². The summed E-state index contributed by atoms with van der Waals surface area (Å²) in [4.78, 5) is 17.5. The van der Waals surface area contributed by atoms with Crippen molar-refractivity contribution in [2.45, 2.75) is 49.7 Å². The van der Waals surface area contributed by atoms with E-state index < -0.39 is 35.3 Å². The van der Waals surface area contributed by atoms with Gasteiger partial charge in [-0.15, -0.1) is 6.42 Å². The Morgan fingerprint density at radius 3 is 2.69 bits per heavy atom. The lowest BCUT2D eigenvalue weighted by Gasteiger charge is -2.38. The van der Waals surface area contributed by atoms with E-state index in [-0.39, 0.29) is 59.4 Å². The van der Waals surface area contributed by atoms with Gasteiger partial charge in [0.05, 0.1) is 10.9 Å². The van der Waals surface area contributed by atoms with Crippen molar-refractivity contribution in [3.8, 4) is 35.4 Å². The van der Waals surface area contributed by atoms with E-state index in [1.54, 1.807) is 29.2 Å². The molecule has 4 aliphatic rings. The SMILES string of the molecule is C#Cc1cccc2cc(O)cc(-c3ncc4c(N5C[C@H]6CC[C@@H](C5)C6(F)F)nc(OC[C@@]56CCCN5C[C@H](F)C6)nc4c3F)c12. The van der Waals surface area contributed by atoms with Crippen molar-refractivity contribution in [2.75, 3.05) is 37.7 Å². The summed E-state index contributed by atoms with van der Waals surface area (Å²) >= 11 is 0. The number of phenols is 1. The number of phenolic OH excluding ortho intramolecular Hbond substituents is 1. The van der Waals surface area contributed by atoms with Crippen LogP contribution >= 0.6 is 0 Å². The topological polar surface area (TPSA) is 74.6 Å². The summed E-state index contributed by atoms with van der Waals surface area (Å²) in [6.07, 6.45) is 9.10. The molecule has 232 valence electrons. The Balaban J connectivity index is 1.27. The number of halogens is 4. The predicted octanol–water partition coefficient (Wildman–Crippen LogP) is 6.11. The highest BCUT2D eigenvalue weighted by Crippen LogP contribution is 2.50. The number of benzene rings is 2. The fourth-order valence-corrected chi connectivity index (χ4v) is 8.21. The van der Waals surface area contributed by atoms with Crippen LogP contribution in [0.4, 0.5) is 23.4 Å². The zero-order valence-corrected chi connectivity index (χ0v) is 24.4. The number of hydrogen-bond acceptors (Lipinski definition) is 7. The maximum atomic E-state index is 16.7. The monoisotopic (exact) mass is 617 g/mol. The molecule has 1 aliphatic carbocycles. The van der Waals surface area contributed by atoms with E-state index in [2.05, 4.69) is 25.8 Å². The predicted molar refractivity (Wildman–Crippen MR) is 162 cm³/mol. The molecular weight excluding hydrogens is 586 g/mol. The van der Waals surface area contributed by atoms with Gasteiger partial charge in [-0.2, -0.15) is 9.97 Å². The van der Waals surface area contributed by atoms with E-state index in [9.17, 15) is 18.3 Å². The van der Waals surface area contributed by atoms with Crippen molar-refractivity contribution in [3.05, 3.63) is 47.9 Å². The van der Waals surface area contributed by atoms with Crippen molar-refractivity contribution >= 4 is 27.5 Å². The van der Waals surface area contributed by atoms with Crippen LogP contribution < -0.4 is 9.64 Å². The molecule has 0 radical (unpaired) electrons. The normalized spacial score (nSPS) is 27.3. The molecule has 7 nitrogen and oxygen atoms in total. The average Bonchev–Trinajstić information content (AvgIpc) is 3.55. The number of nitrogens with zero attached hydrogens (tertiary/aromatic N) is 5. The van der Waals surface area contributed by atoms with Crippen LogP contribution in [0.25, 0.3) is 32.9 Å². The average molecular weight is 618 g/mol. The summed E-state index contributed by atoms with van der Waals surface area (Å²) in [5.74, 6) is -2.41. The first-order valence-corrected chi connectivity index (χ1v) is 15.4. The molecule has 5 heterocycles. The third-order valence-electron chi connectivity index (χ3n) is 10.4. The van der Waals surface area contributed by atoms with Crippen LogP contribution in [0.3, 0.4) is 0 Å². The number of ether oxygens (including phenoxy) is 1. The number of aromatic hydroxyl groups is 1. The van der Waals surface area contributed by atoms with Gasteiger partial charge in [0, 0.05) is 60.6 Å². The molecule has 2 bridgehead atoms. The highest BCUT2D eigenvalue weighted by Gasteiger charge is 2.56. The van der Waals surface area contributed by atoms with Crippen LogP contribution in [-0.4, -0.2) is 75.4 Å². The lowest BCUT2D eigenvalue weighted by molar-refractivity contribution is -0.0830. The summed E-state index contributed by atoms with van der Waals surface area (Å²) in [6, 6.07) is 8.09. The Kier molecular flexibility index (Phi) is 6.40. The number of piperidine rings is 1. The molecule has 4 aromatic rings. The molecule has 4 fully saturated rings. The Morgan fingerprint density at radius 1 is 1.11 bits per heavy atom. The van der Waals surface area contributed by atoms with Gasteiger partial charge in [-0.05, 0) is 55.8 Å². The van der Waals surface area contributed by atoms with Crippen LogP contribution in [0.5, 0.6) is 11.8 Å². The van der Waals surface area contributed by atoms with Crippen LogP contribution in [0.15, 0.2) is 36.5 Å². The zero-order valence-electron chi connectivity index (χ0n) is 24.4. The van der Waals surface area contributed by atoms with Gasteiger partial charge in [0.1, 0.15) is 35.6 Å². The second kappa shape index (κ2) is 10.2. The largest absolute Gasteiger partial charge is 0.508 e. The number of terminal acetylenes is 1. The minimum Gasteiger partial charge on any atom is -0.508 e. The summed E-state index contributed by atoms with van der Waals surface area (Å²) in [6.45, 7) is 1.37. The quantitative estimate of drug-likeness (QED) is 0.214. The van der Waals surface area contributed by atoms with Gasteiger partial charge in [-0.3, -0.25) is 9.88 Å².